The Bertz CT molecular complexity index is 405. The summed E-state index contributed by atoms with van der Waals surface area (Å²) < 4.78 is 18.0. The highest BCUT2D eigenvalue weighted by Gasteiger charge is 2.14. The van der Waals surface area contributed by atoms with E-state index in [4.69, 9.17) is 4.74 Å². The van der Waals surface area contributed by atoms with Crippen LogP contribution in [-0.4, -0.2) is 12.6 Å². The van der Waals surface area contributed by atoms with Gasteiger partial charge in [0, 0.05) is 0 Å². The molecule has 0 fully saturated rings. The van der Waals surface area contributed by atoms with E-state index in [1.807, 2.05) is 0 Å². The van der Waals surface area contributed by atoms with Crippen molar-refractivity contribution in [2.45, 2.75) is 34.1 Å². The summed E-state index contributed by atoms with van der Waals surface area (Å²) in [5.41, 5.74) is 1.17. The molecule has 1 aromatic carbocycles. The maximum absolute atomic E-state index is 12.9. The van der Waals surface area contributed by atoms with Gasteiger partial charge in [0.25, 0.3) is 0 Å². The third kappa shape index (κ3) is 4.55. The van der Waals surface area contributed by atoms with Crippen LogP contribution in [0, 0.1) is 18.2 Å². The highest BCUT2D eigenvalue weighted by atomic mass is 19.1. The highest BCUT2D eigenvalue weighted by molar-refractivity contribution is 5.90. The Hall–Kier alpha value is -1.38. The second kappa shape index (κ2) is 5.30. The molecule has 2 nitrogen and oxygen atoms in total. The molecule has 0 amide bonds. The van der Waals surface area contributed by atoms with Crippen LogP contribution in [0.3, 0.4) is 0 Å². The van der Waals surface area contributed by atoms with E-state index in [-0.39, 0.29) is 17.2 Å². The van der Waals surface area contributed by atoms with Crippen LogP contribution in [0.15, 0.2) is 18.2 Å². The quantitative estimate of drug-likeness (QED) is 0.750. The maximum Gasteiger partial charge on any atom is 0.338 e. The van der Waals surface area contributed by atoms with Crippen molar-refractivity contribution in [1.82, 2.24) is 0 Å². The number of ether oxygens (including phenoxy) is 1. The van der Waals surface area contributed by atoms with E-state index in [2.05, 4.69) is 20.8 Å². The number of hydrogen-bond acceptors (Lipinski definition) is 2. The van der Waals surface area contributed by atoms with Crippen molar-refractivity contribution >= 4 is 5.97 Å². The van der Waals surface area contributed by atoms with Crippen molar-refractivity contribution in [3.05, 3.63) is 35.1 Å². The SMILES string of the molecule is Cc1cc(F)ccc1C(=O)OCCC(C)(C)C. The number of aryl methyl sites for hydroxylation is 1. The van der Waals surface area contributed by atoms with Crippen LogP contribution >= 0.6 is 0 Å². The predicted molar refractivity (Wildman–Crippen MR) is 65.5 cm³/mol. The lowest BCUT2D eigenvalue weighted by Crippen LogP contribution is -2.14. The van der Waals surface area contributed by atoms with Gasteiger partial charge in [-0.15, -0.1) is 0 Å². The van der Waals surface area contributed by atoms with E-state index in [1.54, 1.807) is 6.92 Å². The number of carbonyl (C=O) groups excluding carboxylic acids is 1. The lowest BCUT2D eigenvalue weighted by molar-refractivity contribution is 0.0464. The fraction of sp³-hybridized carbons (Fsp3) is 0.500. The molecular formula is C14H19FO2. The molecule has 1 rings (SSSR count). The molecule has 0 spiro atoms. The summed E-state index contributed by atoms with van der Waals surface area (Å²) in [5.74, 6) is -0.722. The third-order valence-corrected chi connectivity index (χ3v) is 2.49. The average molecular weight is 238 g/mol. The summed E-state index contributed by atoms with van der Waals surface area (Å²) >= 11 is 0. The predicted octanol–water partition coefficient (Wildman–Crippen LogP) is 3.73. The zero-order valence-electron chi connectivity index (χ0n) is 10.8. The van der Waals surface area contributed by atoms with Crippen LogP contribution < -0.4 is 0 Å². The van der Waals surface area contributed by atoms with Gasteiger partial charge in [-0.05, 0) is 42.5 Å². The molecule has 17 heavy (non-hydrogen) atoms. The van der Waals surface area contributed by atoms with Crippen LogP contribution in [0.25, 0.3) is 0 Å². The number of halogens is 1. The highest BCUT2D eigenvalue weighted by Crippen LogP contribution is 2.19. The van der Waals surface area contributed by atoms with E-state index in [0.717, 1.165) is 6.42 Å². The summed E-state index contributed by atoms with van der Waals surface area (Å²) in [6.45, 7) is 8.35. The first-order valence-corrected chi connectivity index (χ1v) is 5.73. The lowest BCUT2D eigenvalue weighted by Gasteiger charge is -2.17. The van der Waals surface area contributed by atoms with Crippen molar-refractivity contribution in [3.8, 4) is 0 Å². The summed E-state index contributed by atoms with van der Waals surface area (Å²) in [4.78, 5) is 11.7. The second-order valence-corrected chi connectivity index (χ2v) is 5.41. The van der Waals surface area contributed by atoms with Crippen LogP contribution in [0.4, 0.5) is 4.39 Å². The Kier molecular flexibility index (Phi) is 4.27. The van der Waals surface area contributed by atoms with E-state index in [9.17, 15) is 9.18 Å². The largest absolute Gasteiger partial charge is 0.462 e. The van der Waals surface area contributed by atoms with Crippen molar-refractivity contribution in [3.63, 3.8) is 0 Å². The summed E-state index contributed by atoms with van der Waals surface area (Å²) in [6.07, 6.45) is 0.805. The van der Waals surface area contributed by atoms with Gasteiger partial charge in [-0.2, -0.15) is 0 Å². The van der Waals surface area contributed by atoms with E-state index < -0.39 is 0 Å². The van der Waals surface area contributed by atoms with Gasteiger partial charge in [0.2, 0.25) is 0 Å². The number of hydrogen-bond donors (Lipinski definition) is 0. The molecule has 0 aliphatic carbocycles. The van der Waals surface area contributed by atoms with Crippen LogP contribution in [0.2, 0.25) is 0 Å². The first-order valence-electron chi connectivity index (χ1n) is 5.73. The zero-order chi connectivity index (χ0) is 13.1. The van der Waals surface area contributed by atoms with Crippen molar-refractivity contribution in [1.29, 1.82) is 0 Å². The molecule has 1 aromatic rings. The molecule has 94 valence electrons. The molecule has 0 unspecified atom stereocenters. The van der Waals surface area contributed by atoms with Gasteiger partial charge in [0.1, 0.15) is 5.82 Å². The molecule has 0 heterocycles. The second-order valence-electron chi connectivity index (χ2n) is 5.41. The summed E-state index contributed by atoms with van der Waals surface area (Å²) in [6, 6.07) is 4.07. The molecule has 0 bridgehead atoms. The molecular weight excluding hydrogens is 219 g/mol. The van der Waals surface area contributed by atoms with Gasteiger partial charge in [-0.1, -0.05) is 20.8 Å². The van der Waals surface area contributed by atoms with Gasteiger partial charge < -0.3 is 4.74 Å². The topological polar surface area (TPSA) is 26.3 Å². The molecule has 0 aliphatic heterocycles. The van der Waals surface area contributed by atoms with Gasteiger partial charge in [-0.25, -0.2) is 9.18 Å². The van der Waals surface area contributed by atoms with Crippen molar-refractivity contribution < 1.29 is 13.9 Å². The number of carbonyl (C=O) groups is 1. The first kappa shape index (κ1) is 13.7. The standard InChI is InChI=1S/C14H19FO2/c1-10-9-11(15)5-6-12(10)13(16)17-8-7-14(2,3)4/h5-6,9H,7-8H2,1-4H3. The molecule has 0 atom stereocenters. The average Bonchev–Trinajstić information content (AvgIpc) is 2.15. The summed E-state index contributed by atoms with van der Waals surface area (Å²) in [5, 5.41) is 0. The minimum atomic E-state index is -0.383. The minimum Gasteiger partial charge on any atom is -0.462 e. The molecule has 0 radical (unpaired) electrons. The third-order valence-electron chi connectivity index (χ3n) is 2.49. The van der Waals surface area contributed by atoms with E-state index >= 15 is 0 Å². The monoisotopic (exact) mass is 238 g/mol. The molecule has 3 heteroatoms. The Morgan fingerprint density at radius 2 is 2.00 bits per heavy atom. The molecule has 0 N–H and O–H groups in total. The van der Waals surface area contributed by atoms with Crippen LogP contribution in [0.5, 0.6) is 0 Å². The lowest BCUT2D eigenvalue weighted by atomic mass is 9.93. The minimum absolute atomic E-state index is 0.137. The Labute approximate surface area is 102 Å². The number of rotatable bonds is 3. The fourth-order valence-corrected chi connectivity index (χ4v) is 1.38. The van der Waals surface area contributed by atoms with Gasteiger partial charge in [0.05, 0.1) is 12.2 Å². The van der Waals surface area contributed by atoms with Gasteiger partial charge in [-0.3, -0.25) is 0 Å². The zero-order valence-corrected chi connectivity index (χ0v) is 10.8. The fourth-order valence-electron chi connectivity index (χ4n) is 1.38. The maximum atomic E-state index is 12.9. The Balaban J connectivity index is 2.59. The Morgan fingerprint density at radius 1 is 1.35 bits per heavy atom. The van der Waals surface area contributed by atoms with Crippen molar-refractivity contribution in [2.75, 3.05) is 6.61 Å². The molecule has 0 saturated carbocycles. The van der Waals surface area contributed by atoms with E-state index in [1.165, 1.54) is 18.2 Å². The Morgan fingerprint density at radius 3 is 2.53 bits per heavy atom. The normalized spacial score (nSPS) is 11.4. The van der Waals surface area contributed by atoms with Crippen LogP contribution in [-0.2, 0) is 4.74 Å². The van der Waals surface area contributed by atoms with Gasteiger partial charge in [0.15, 0.2) is 0 Å². The molecule has 0 aliphatic rings. The smallest absolute Gasteiger partial charge is 0.338 e. The number of esters is 1. The first-order chi connectivity index (χ1) is 7.79. The molecule has 0 saturated heterocycles. The summed E-state index contributed by atoms with van der Waals surface area (Å²) in [7, 11) is 0. The number of benzene rings is 1. The van der Waals surface area contributed by atoms with Crippen molar-refractivity contribution in [2.24, 2.45) is 5.41 Å². The molecule has 0 aromatic heterocycles. The van der Waals surface area contributed by atoms with Crippen LogP contribution in [0.1, 0.15) is 43.1 Å². The van der Waals surface area contributed by atoms with E-state index in [0.29, 0.717) is 17.7 Å². The van der Waals surface area contributed by atoms with Gasteiger partial charge >= 0.3 is 5.97 Å².